The summed E-state index contributed by atoms with van der Waals surface area (Å²) >= 11 is 2.31. The van der Waals surface area contributed by atoms with Gasteiger partial charge in [-0.2, -0.15) is 0 Å². The molecule has 2 heteroatoms. The lowest BCUT2D eigenvalue weighted by Crippen LogP contribution is -2.13. The Bertz CT molecular complexity index is 517. The Hall–Kier alpha value is -0.870. The Morgan fingerprint density at radius 3 is 2.29 bits per heavy atom. The molecular weight excluding hydrogens is 321 g/mol. The van der Waals surface area contributed by atoms with Gasteiger partial charge in [0.15, 0.2) is 0 Å². The monoisotopic (exact) mass is 337 g/mol. The molecule has 0 bridgehead atoms. The summed E-state index contributed by atoms with van der Waals surface area (Å²) in [5.74, 6) is 0. The summed E-state index contributed by atoms with van der Waals surface area (Å²) in [6.45, 7) is 4.21. The topological polar surface area (TPSA) is 26.0 Å². The first-order valence-corrected chi connectivity index (χ1v) is 6.74. The van der Waals surface area contributed by atoms with Gasteiger partial charge in [0.05, 0.1) is 6.04 Å². The molecule has 2 N–H and O–H groups in total. The number of benzene rings is 2. The van der Waals surface area contributed by atoms with Crippen LogP contribution in [-0.4, -0.2) is 0 Å². The zero-order valence-corrected chi connectivity index (χ0v) is 12.2. The third kappa shape index (κ3) is 2.87. The van der Waals surface area contributed by atoms with E-state index < -0.39 is 0 Å². The van der Waals surface area contributed by atoms with E-state index in [0.29, 0.717) is 0 Å². The molecule has 0 saturated carbocycles. The van der Waals surface area contributed by atoms with Gasteiger partial charge in [0.25, 0.3) is 0 Å². The average Bonchev–Trinajstić information content (AvgIpc) is 2.32. The van der Waals surface area contributed by atoms with E-state index in [2.05, 4.69) is 78.9 Å². The van der Waals surface area contributed by atoms with Crippen molar-refractivity contribution in [3.63, 3.8) is 0 Å². The van der Waals surface area contributed by atoms with Gasteiger partial charge in [0, 0.05) is 3.57 Å². The quantitative estimate of drug-likeness (QED) is 0.825. The van der Waals surface area contributed by atoms with E-state index >= 15 is 0 Å². The molecule has 0 saturated heterocycles. The second-order valence-corrected chi connectivity index (χ2v) is 5.63. The van der Waals surface area contributed by atoms with Gasteiger partial charge in [0.1, 0.15) is 0 Å². The van der Waals surface area contributed by atoms with Crippen LogP contribution in [0.4, 0.5) is 0 Å². The Morgan fingerprint density at radius 2 is 1.65 bits per heavy atom. The summed E-state index contributed by atoms with van der Waals surface area (Å²) in [4.78, 5) is 0. The van der Waals surface area contributed by atoms with Crippen LogP contribution in [0.25, 0.3) is 0 Å². The number of hydrogen-bond acceptors (Lipinski definition) is 1. The number of rotatable bonds is 2. The van der Waals surface area contributed by atoms with Crippen LogP contribution in [0.2, 0.25) is 0 Å². The van der Waals surface area contributed by atoms with Crippen molar-refractivity contribution in [1.29, 1.82) is 0 Å². The van der Waals surface area contributed by atoms with Crippen molar-refractivity contribution >= 4 is 22.6 Å². The predicted octanol–water partition coefficient (Wildman–Crippen LogP) is 3.96. The molecule has 0 radical (unpaired) electrons. The molecular formula is C15H16IN. The third-order valence-electron chi connectivity index (χ3n) is 3.00. The van der Waals surface area contributed by atoms with Gasteiger partial charge in [-0.15, -0.1) is 0 Å². The molecule has 1 nitrogen and oxygen atoms in total. The van der Waals surface area contributed by atoms with Crippen LogP contribution in [-0.2, 0) is 0 Å². The zero-order valence-electron chi connectivity index (χ0n) is 10.1. The van der Waals surface area contributed by atoms with Crippen molar-refractivity contribution in [3.05, 3.63) is 68.3 Å². The highest BCUT2D eigenvalue weighted by Gasteiger charge is 2.11. The third-order valence-corrected chi connectivity index (χ3v) is 3.72. The highest BCUT2D eigenvalue weighted by Crippen LogP contribution is 2.24. The number of nitrogens with two attached hydrogens (primary N) is 1. The minimum Gasteiger partial charge on any atom is -0.320 e. The molecule has 0 aliphatic rings. The minimum atomic E-state index is -0.0353. The summed E-state index contributed by atoms with van der Waals surface area (Å²) in [7, 11) is 0. The van der Waals surface area contributed by atoms with E-state index in [-0.39, 0.29) is 6.04 Å². The predicted molar refractivity (Wildman–Crippen MR) is 81.1 cm³/mol. The summed E-state index contributed by atoms with van der Waals surface area (Å²) in [5, 5.41) is 0. The average molecular weight is 337 g/mol. The van der Waals surface area contributed by atoms with E-state index in [9.17, 15) is 0 Å². The fourth-order valence-electron chi connectivity index (χ4n) is 1.94. The normalized spacial score (nSPS) is 12.5. The highest BCUT2D eigenvalue weighted by atomic mass is 127. The maximum Gasteiger partial charge on any atom is 0.0554 e. The largest absolute Gasteiger partial charge is 0.320 e. The van der Waals surface area contributed by atoms with Crippen molar-refractivity contribution in [2.24, 2.45) is 5.73 Å². The fourth-order valence-corrected chi connectivity index (χ4v) is 2.30. The Labute approximate surface area is 116 Å². The van der Waals surface area contributed by atoms with Gasteiger partial charge in [-0.25, -0.2) is 0 Å². The molecule has 88 valence electrons. The summed E-state index contributed by atoms with van der Waals surface area (Å²) < 4.78 is 1.24. The van der Waals surface area contributed by atoms with Gasteiger partial charge >= 0.3 is 0 Å². The lowest BCUT2D eigenvalue weighted by Gasteiger charge is -2.16. The van der Waals surface area contributed by atoms with Crippen LogP contribution in [0, 0.1) is 17.4 Å². The van der Waals surface area contributed by atoms with Crippen molar-refractivity contribution in [1.82, 2.24) is 0 Å². The summed E-state index contributed by atoms with van der Waals surface area (Å²) in [6, 6.07) is 14.8. The van der Waals surface area contributed by atoms with Crippen LogP contribution in [0.3, 0.4) is 0 Å². The van der Waals surface area contributed by atoms with E-state index in [4.69, 9.17) is 5.73 Å². The van der Waals surface area contributed by atoms with E-state index in [1.165, 1.54) is 25.8 Å². The zero-order chi connectivity index (χ0) is 12.4. The van der Waals surface area contributed by atoms with E-state index in [1.54, 1.807) is 0 Å². The second-order valence-electron chi connectivity index (χ2n) is 4.39. The van der Waals surface area contributed by atoms with Crippen molar-refractivity contribution in [3.8, 4) is 0 Å². The molecule has 0 spiro atoms. The first-order valence-electron chi connectivity index (χ1n) is 5.66. The SMILES string of the molecule is Cc1ccc(C)c(C(N)c2ccc(I)cc2)c1. The Kier molecular flexibility index (Phi) is 3.84. The van der Waals surface area contributed by atoms with Crippen LogP contribution < -0.4 is 5.73 Å². The molecule has 2 aromatic rings. The molecule has 2 rings (SSSR count). The van der Waals surface area contributed by atoms with Crippen molar-refractivity contribution < 1.29 is 0 Å². The van der Waals surface area contributed by atoms with Crippen LogP contribution >= 0.6 is 22.6 Å². The molecule has 2 aromatic carbocycles. The van der Waals surface area contributed by atoms with Crippen LogP contribution in [0.15, 0.2) is 42.5 Å². The second kappa shape index (κ2) is 5.19. The lowest BCUT2D eigenvalue weighted by molar-refractivity contribution is 0.859. The van der Waals surface area contributed by atoms with Gasteiger partial charge < -0.3 is 5.73 Å². The highest BCUT2D eigenvalue weighted by molar-refractivity contribution is 14.1. The minimum absolute atomic E-state index is 0.0353. The van der Waals surface area contributed by atoms with Crippen LogP contribution in [0.1, 0.15) is 28.3 Å². The Morgan fingerprint density at radius 1 is 1.00 bits per heavy atom. The van der Waals surface area contributed by atoms with Gasteiger partial charge in [-0.3, -0.25) is 0 Å². The first kappa shape index (κ1) is 12.6. The van der Waals surface area contributed by atoms with Crippen molar-refractivity contribution in [2.75, 3.05) is 0 Å². The summed E-state index contributed by atoms with van der Waals surface area (Å²) in [5.41, 5.74) is 11.2. The molecule has 0 heterocycles. The van der Waals surface area contributed by atoms with Gasteiger partial charge in [0.2, 0.25) is 0 Å². The number of aryl methyl sites for hydroxylation is 2. The first-order chi connectivity index (χ1) is 8.08. The molecule has 0 aliphatic carbocycles. The standard InChI is InChI=1S/C15H16IN/c1-10-3-4-11(2)14(9-10)15(17)12-5-7-13(16)8-6-12/h3-9,15H,17H2,1-2H3. The van der Waals surface area contributed by atoms with Gasteiger partial charge in [-0.1, -0.05) is 35.9 Å². The molecule has 0 fully saturated rings. The molecule has 0 amide bonds. The summed E-state index contributed by atoms with van der Waals surface area (Å²) in [6.07, 6.45) is 0. The Balaban J connectivity index is 2.39. The maximum atomic E-state index is 6.33. The van der Waals surface area contributed by atoms with Gasteiger partial charge in [-0.05, 0) is 65.3 Å². The fraction of sp³-hybridized carbons (Fsp3) is 0.200. The lowest BCUT2D eigenvalue weighted by atomic mass is 9.94. The molecule has 1 unspecified atom stereocenters. The maximum absolute atomic E-state index is 6.33. The van der Waals surface area contributed by atoms with Crippen LogP contribution in [0.5, 0.6) is 0 Å². The number of hydrogen-bond donors (Lipinski definition) is 1. The van der Waals surface area contributed by atoms with E-state index in [0.717, 1.165) is 0 Å². The molecule has 17 heavy (non-hydrogen) atoms. The molecule has 1 atom stereocenters. The number of halogens is 1. The smallest absolute Gasteiger partial charge is 0.0554 e. The van der Waals surface area contributed by atoms with Crippen molar-refractivity contribution in [2.45, 2.75) is 19.9 Å². The molecule has 0 aliphatic heterocycles. The molecule has 0 aromatic heterocycles. The van der Waals surface area contributed by atoms with E-state index in [1.807, 2.05) is 0 Å².